The minimum atomic E-state index is -0.162. The van der Waals surface area contributed by atoms with Crippen molar-refractivity contribution >= 4 is 16.6 Å². The Bertz CT molecular complexity index is 1040. The van der Waals surface area contributed by atoms with Crippen molar-refractivity contribution in [2.75, 3.05) is 18.5 Å². The minimum absolute atomic E-state index is 0.0537. The number of nitrogens with zero attached hydrogens (tertiary/aromatic N) is 4. The van der Waals surface area contributed by atoms with Crippen LogP contribution < -0.4 is 10.9 Å². The Labute approximate surface area is 156 Å². The Morgan fingerprint density at radius 2 is 2.04 bits per heavy atom. The zero-order valence-corrected chi connectivity index (χ0v) is 15.0. The van der Waals surface area contributed by atoms with E-state index in [0.717, 1.165) is 47.7 Å². The van der Waals surface area contributed by atoms with Gasteiger partial charge in [-0.25, -0.2) is 4.68 Å². The highest BCUT2D eigenvalue weighted by Crippen LogP contribution is 2.26. The number of benzene rings is 1. The van der Waals surface area contributed by atoms with Crippen LogP contribution in [0.3, 0.4) is 0 Å². The molecule has 7 nitrogen and oxygen atoms in total. The molecule has 138 valence electrons. The van der Waals surface area contributed by atoms with Gasteiger partial charge in [-0.2, -0.15) is 10.2 Å². The molecule has 3 heterocycles. The maximum Gasteiger partial charge on any atom is 0.267 e. The van der Waals surface area contributed by atoms with Gasteiger partial charge in [0.2, 0.25) is 0 Å². The lowest BCUT2D eigenvalue weighted by Gasteiger charge is -2.23. The highest BCUT2D eigenvalue weighted by Gasteiger charge is 2.32. The first-order valence-corrected chi connectivity index (χ1v) is 9.46. The third kappa shape index (κ3) is 2.98. The van der Waals surface area contributed by atoms with E-state index in [0.29, 0.717) is 19.0 Å². The number of anilines is 1. The van der Waals surface area contributed by atoms with Gasteiger partial charge in [-0.3, -0.25) is 4.79 Å². The maximum absolute atomic E-state index is 12.7. The second-order valence-electron chi connectivity index (χ2n) is 7.24. The van der Waals surface area contributed by atoms with Crippen LogP contribution in [-0.4, -0.2) is 39.2 Å². The Balaban J connectivity index is 1.48. The van der Waals surface area contributed by atoms with E-state index in [-0.39, 0.29) is 17.6 Å². The summed E-state index contributed by atoms with van der Waals surface area (Å²) in [4.78, 5) is 12.7. The minimum Gasteiger partial charge on any atom is -0.377 e. The molecule has 0 saturated carbocycles. The van der Waals surface area contributed by atoms with E-state index in [1.54, 1.807) is 16.9 Å². The summed E-state index contributed by atoms with van der Waals surface area (Å²) in [6.07, 6.45) is 5.91. The van der Waals surface area contributed by atoms with Gasteiger partial charge in [-0.1, -0.05) is 24.3 Å². The number of rotatable bonds is 3. The lowest BCUT2D eigenvalue weighted by atomic mass is 9.97. The molecule has 1 saturated heterocycles. The van der Waals surface area contributed by atoms with Crippen molar-refractivity contribution in [3.05, 3.63) is 58.1 Å². The smallest absolute Gasteiger partial charge is 0.267 e. The molecular weight excluding hydrogens is 342 g/mol. The van der Waals surface area contributed by atoms with Gasteiger partial charge in [0, 0.05) is 16.8 Å². The fraction of sp³-hybridized carbons (Fsp3) is 0.400. The normalized spacial score (nSPS) is 21.9. The highest BCUT2D eigenvalue weighted by atomic mass is 16.5. The Hall–Kier alpha value is -2.80. The number of nitrogens with one attached hydrogen (secondary N) is 1. The molecule has 1 aliphatic heterocycles. The van der Waals surface area contributed by atoms with Crippen molar-refractivity contribution in [1.29, 1.82) is 0 Å². The second kappa shape index (κ2) is 6.74. The van der Waals surface area contributed by atoms with E-state index in [4.69, 9.17) is 9.84 Å². The van der Waals surface area contributed by atoms with Crippen LogP contribution in [0.15, 0.2) is 41.3 Å². The van der Waals surface area contributed by atoms with Crippen molar-refractivity contribution in [3.63, 3.8) is 0 Å². The van der Waals surface area contributed by atoms with Gasteiger partial charge in [0.1, 0.15) is 6.04 Å². The second-order valence-corrected chi connectivity index (χ2v) is 7.24. The fourth-order valence-electron chi connectivity index (χ4n) is 4.05. The molecule has 2 atom stereocenters. The van der Waals surface area contributed by atoms with E-state index in [9.17, 15) is 4.79 Å². The van der Waals surface area contributed by atoms with E-state index in [2.05, 4.69) is 15.5 Å². The third-order valence-electron chi connectivity index (χ3n) is 5.49. The van der Waals surface area contributed by atoms with Gasteiger partial charge >= 0.3 is 0 Å². The molecule has 2 unspecified atom stereocenters. The predicted octanol–water partition coefficient (Wildman–Crippen LogP) is 2.12. The van der Waals surface area contributed by atoms with Gasteiger partial charge in [-0.15, -0.1) is 5.10 Å². The quantitative estimate of drug-likeness (QED) is 0.768. The standard InChI is InChI=1S/C20H21N5O2/c26-19-9-13-5-2-4-8-16(13)24-25(19)18-12-27-11-17(18)22-20-15-7-3-1-6-14(15)10-21-23-20/h1,3,6-7,9-10,17-18H,2,4-5,8,11-12H2,(H,22,23). The van der Waals surface area contributed by atoms with Crippen LogP contribution in [-0.2, 0) is 17.6 Å². The van der Waals surface area contributed by atoms with Gasteiger partial charge in [0.15, 0.2) is 5.82 Å². The van der Waals surface area contributed by atoms with Crippen molar-refractivity contribution in [2.45, 2.75) is 37.8 Å². The molecule has 7 heteroatoms. The Morgan fingerprint density at radius 1 is 1.15 bits per heavy atom. The number of hydrogen-bond acceptors (Lipinski definition) is 6. The van der Waals surface area contributed by atoms with Crippen molar-refractivity contribution in [1.82, 2.24) is 20.0 Å². The predicted molar refractivity (Wildman–Crippen MR) is 102 cm³/mol. The average Bonchev–Trinajstić information content (AvgIpc) is 3.15. The highest BCUT2D eigenvalue weighted by molar-refractivity contribution is 5.90. The third-order valence-corrected chi connectivity index (χ3v) is 5.49. The van der Waals surface area contributed by atoms with Gasteiger partial charge < -0.3 is 10.1 Å². The van der Waals surface area contributed by atoms with Crippen molar-refractivity contribution in [3.8, 4) is 0 Å². The number of aromatic nitrogens is 4. The van der Waals surface area contributed by atoms with Crippen LogP contribution in [0.4, 0.5) is 5.82 Å². The summed E-state index contributed by atoms with van der Waals surface area (Å²) in [5.41, 5.74) is 2.10. The van der Waals surface area contributed by atoms with E-state index >= 15 is 0 Å². The SMILES string of the molecule is O=c1cc2c(nn1C1COCC1Nc1nncc3ccccc13)CCCC2. The number of aryl methyl sites for hydroxylation is 2. The summed E-state index contributed by atoms with van der Waals surface area (Å²) in [7, 11) is 0. The van der Waals surface area contributed by atoms with Crippen LogP contribution in [0.5, 0.6) is 0 Å². The number of hydrogen-bond donors (Lipinski definition) is 1. The van der Waals surface area contributed by atoms with E-state index < -0.39 is 0 Å². The molecule has 2 aliphatic rings. The molecule has 5 rings (SSSR count). The lowest BCUT2D eigenvalue weighted by Crippen LogP contribution is -2.38. The zero-order valence-electron chi connectivity index (χ0n) is 15.0. The number of fused-ring (bicyclic) bond motifs is 2. The summed E-state index contributed by atoms with van der Waals surface area (Å²) >= 11 is 0. The molecular formula is C20H21N5O2. The summed E-state index contributed by atoms with van der Waals surface area (Å²) in [5.74, 6) is 0.708. The van der Waals surface area contributed by atoms with Gasteiger partial charge in [0.25, 0.3) is 5.56 Å². The summed E-state index contributed by atoms with van der Waals surface area (Å²) in [6, 6.07) is 9.49. The summed E-state index contributed by atoms with van der Waals surface area (Å²) in [6.45, 7) is 0.961. The largest absolute Gasteiger partial charge is 0.377 e. The van der Waals surface area contributed by atoms with Crippen LogP contribution in [0.2, 0.25) is 0 Å². The van der Waals surface area contributed by atoms with Crippen LogP contribution >= 0.6 is 0 Å². The molecule has 1 aliphatic carbocycles. The molecule has 0 spiro atoms. The summed E-state index contributed by atoms with van der Waals surface area (Å²) < 4.78 is 7.30. The summed E-state index contributed by atoms with van der Waals surface area (Å²) in [5, 5.41) is 18.5. The number of ether oxygens (including phenoxy) is 1. The Morgan fingerprint density at radius 3 is 3.00 bits per heavy atom. The van der Waals surface area contributed by atoms with Gasteiger partial charge in [-0.05, 0) is 31.2 Å². The lowest BCUT2D eigenvalue weighted by molar-refractivity contribution is 0.182. The topological polar surface area (TPSA) is 81.9 Å². The van der Waals surface area contributed by atoms with Gasteiger partial charge in [0.05, 0.1) is 31.1 Å². The van der Waals surface area contributed by atoms with Crippen LogP contribution in [0.25, 0.3) is 10.8 Å². The molecule has 3 aromatic rings. The van der Waals surface area contributed by atoms with Crippen LogP contribution in [0, 0.1) is 0 Å². The first kappa shape index (κ1) is 16.4. The fourth-order valence-corrected chi connectivity index (χ4v) is 4.05. The first-order chi connectivity index (χ1) is 13.3. The molecule has 0 amide bonds. The molecule has 2 aromatic heterocycles. The van der Waals surface area contributed by atoms with E-state index in [1.807, 2.05) is 24.3 Å². The Kier molecular flexibility index (Phi) is 4.09. The molecule has 1 N–H and O–H groups in total. The molecule has 0 radical (unpaired) electrons. The van der Waals surface area contributed by atoms with Crippen molar-refractivity contribution < 1.29 is 4.74 Å². The maximum atomic E-state index is 12.7. The molecule has 0 bridgehead atoms. The van der Waals surface area contributed by atoms with E-state index in [1.165, 1.54) is 0 Å². The first-order valence-electron chi connectivity index (χ1n) is 9.46. The monoisotopic (exact) mass is 363 g/mol. The van der Waals surface area contributed by atoms with Crippen molar-refractivity contribution in [2.24, 2.45) is 0 Å². The molecule has 27 heavy (non-hydrogen) atoms. The molecule has 1 fully saturated rings. The molecule has 1 aromatic carbocycles. The van der Waals surface area contributed by atoms with Crippen LogP contribution in [0.1, 0.15) is 30.1 Å². The average molecular weight is 363 g/mol. The zero-order chi connectivity index (χ0) is 18.2.